The summed E-state index contributed by atoms with van der Waals surface area (Å²) in [4.78, 5) is 21.8. The summed E-state index contributed by atoms with van der Waals surface area (Å²) in [5, 5.41) is 22.6. The van der Waals surface area contributed by atoms with Crippen molar-refractivity contribution in [2.75, 3.05) is 5.32 Å². The van der Waals surface area contributed by atoms with E-state index >= 15 is 0 Å². The van der Waals surface area contributed by atoms with Crippen LogP contribution < -0.4 is 11.1 Å². The molecule has 0 aromatic heterocycles. The van der Waals surface area contributed by atoms with Crippen LogP contribution >= 0.6 is 0 Å². The third kappa shape index (κ3) is 3.65. The molecule has 0 aliphatic rings. The number of anilines is 1. The number of nitrogens with two attached hydrogens (primary N) is 1. The van der Waals surface area contributed by atoms with Crippen molar-refractivity contribution in [3.8, 4) is 5.75 Å². The third-order valence-corrected chi connectivity index (χ3v) is 3.01. The van der Waals surface area contributed by atoms with E-state index in [1.54, 1.807) is 0 Å². The van der Waals surface area contributed by atoms with Gasteiger partial charge in [0.25, 0.3) is 5.69 Å². The third-order valence-electron chi connectivity index (χ3n) is 3.01. The number of amides is 1. The predicted octanol–water partition coefficient (Wildman–Crippen LogP) is 1.61. The molecule has 1 aromatic carbocycles. The lowest BCUT2D eigenvalue weighted by atomic mass is 9.99. The molecular weight excluding hydrogens is 250 g/mol. The Morgan fingerprint density at radius 2 is 2.21 bits per heavy atom. The molecule has 0 radical (unpaired) electrons. The fourth-order valence-corrected chi connectivity index (χ4v) is 1.47. The van der Waals surface area contributed by atoms with Crippen molar-refractivity contribution in [3.63, 3.8) is 0 Å². The number of phenolic OH excluding ortho intramolecular Hbond substituents is 1. The molecule has 0 spiro atoms. The highest BCUT2D eigenvalue weighted by Crippen LogP contribution is 2.28. The van der Waals surface area contributed by atoms with Gasteiger partial charge >= 0.3 is 0 Å². The molecule has 1 rings (SSSR count). The topological polar surface area (TPSA) is 118 Å². The molecular formula is C12H17N3O4. The van der Waals surface area contributed by atoms with Gasteiger partial charge in [-0.1, -0.05) is 20.3 Å². The van der Waals surface area contributed by atoms with E-state index in [2.05, 4.69) is 5.32 Å². The molecule has 0 heterocycles. The van der Waals surface area contributed by atoms with Gasteiger partial charge in [0.05, 0.1) is 16.7 Å². The molecule has 4 N–H and O–H groups in total. The monoisotopic (exact) mass is 267 g/mol. The molecule has 0 saturated carbocycles. The second-order valence-corrected chi connectivity index (χ2v) is 4.36. The zero-order valence-electron chi connectivity index (χ0n) is 10.8. The highest BCUT2D eigenvalue weighted by Gasteiger charge is 2.21. The molecule has 104 valence electrons. The van der Waals surface area contributed by atoms with Gasteiger partial charge < -0.3 is 16.2 Å². The summed E-state index contributed by atoms with van der Waals surface area (Å²) in [6.07, 6.45) is 0.732. The first-order valence-electron chi connectivity index (χ1n) is 5.90. The number of carbonyl (C=O) groups excluding carboxylic acids is 1. The smallest absolute Gasteiger partial charge is 0.271 e. The minimum atomic E-state index is -0.733. The maximum absolute atomic E-state index is 11.8. The standard InChI is InChI=1S/C12H17N3O4/c1-3-7(2)11(13)12(17)14-9-6-8(15(18)19)4-5-10(9)16/h4-7,11,16H,3,13H2,1-2H3,(H,14,17). The second kappa shape index (κ2) is 6.14. The minimum Gasteiger partial charge on any atom is -0.506 e. The Bertz CT molecular complexity index is 490. The van der Waals surface area contributed by atoms with Gasteiger partial charge in [-0.2, -0.15) is 0 Å². The first kappa shape index (κ1) is 14.9. The molecule has 1 amide bonds. The normalized spacial score (nSPS) is 13.6. The van der Waals surface area contributed by atoms with Gasteiger partial charge in [-0.15, -0.1) is 0 Å². The Kier molecular flexibility index (Phi) is 4.82. The van der Waals surface area contributed by atoms with E-state index < -0.39 is 16.9 Å². The number of hydrogen-bond acceptors (Lipinski definition) is 5. The van der Waals surface area contributed by atoms with Gasteiger partial charge in [0.1, 0.15) is 5.75 Å². The van der Waals surface area contributed by atoms with Crippen LogP contribution in [0.25, 0.3) is 0 Å². The van der Waals surface area contributed by atoms with Crippen molar-refractivity contribution in [1.82, 2.24) is 0 Å². The lowest BCUT2D eigenvalue weighted by molar-refractivity contribution is -0.384. The molecule has 0 saturated heterocycles. The van der Waals surface area contributed by atoms with Crippen molar-refractivity contribution in [2.45, 2.75) is 26.3 Å². The molecule has 2 atom stereocenters. The Morgan fingerprint density at radius 3 is 2.74 bits per heavy atom. The van der Waals surface area contributed by atoms with Gasteiger partial charge in [0, 0.05) is 12.1 Å². The van der Waals surface area contributed by atoms with Crippen molar-refractivity contribution >= 4 is 17.3 Å². The average Bonchev–Trinajstić information content (AvgIpc) is 2.38. The van der Waals surface area contributed by atoms with Gasteiger partial charge in [0.2, 0.25) is 5.91 Å². The number of nitro groups is 1. The number of nitrogens with zero attached hydrogens (tertiary/aromatic N) is 1. The summed E-state index contributed by atoms with van der Waals surface area (Å²) in [6, 6.07) is 2.67. The molecule has 0 fully saturated rings. The van der Waals surface area contributed by atoms with Crippen LogP contribution in [0.3, 0.4) is 0 Å². The van der Waals surface area contributed by atoms with Gasteiger partial charge in [-0.3, -0.25) is 14.9 Å². The molecule has 7 heteroatoms. The number of hydrogen-bond donors (Lipinski definition) is 3. The summed E-state index contributed by atoms with van der Waals surface area (Å²) >= 11 is 0. The summed E-state index contributed by atoms with van der Waals surface area (Å²) < 4.78 is 0. The SMILES string of the molecule is CCC(C)C(N)C(=O)Nc1cc([N+](=O)[O-])ccc1O. The van der Waals surface area contributed by atoms with E-state index in [4.69, 9.17) is 5.73 Å². The zero-order valence-corrected chi connectivity index (χ0v) is 10.8. The van der Waals surface area contributed by atoms with E-state index in [-0.39, 0.29) is 23.0 Å². The van der Waals surface area contributed by atoms with Gasteiger partial charge in [-0.25, -0.2) is 0 Å². The van der Waals surface area contributed by atoms with Crippen molar-refractivity contribution in [3.05, 3.63) is 28.3 Å². The van der Waals surface area contributed by atoms with E-state index in [1.807, 2.05) is 13.8 Å². The number of phenols is 1. The number of carbonyl (C=O) groups is 1. The Morgan fingerprint density at radius 1 is 1.58 bits per heavy atom. The summed E-state index contributed by atoms with van der Waals surface area (Å²) in [6.45, 7) is 3.74. The van der Waals surface area contributed by atoms with E-state index in [9.17, 15) is 20.0 Å². The quantitative estimate of drug-likeness (QED) is 0.425. The summed E-state index contributed by atoms with van der Waals surface area (Å²) in [7, 11) is 0. The van der Waals surface area contributed by atoms with Crippen molar-refractivity contribution < 1.29 is 14.8 Å². The summed E-state index contributed by atoms with van der Waals surface area (Å²) in [5.74, 6) is -0.749. The molecule has 0 aliphatic heterocycles. The molecule has 2 unspecified atom stereocenters. The van der Waals surface area contributed by atoms with Crippen LogP contribution in [0, 0.1) is 16.0 Å². The Labute approximate surface area is 110 Å². The largest absolute Gasteiger partial charge is 0.506 e. The fourth-order valence-electron chi connectivity index (χ4n) is 1.47. The highest BCUT2D eigenvalue weighted by atomic mass is 16.6. The average molecular weight is 267 g/mol. The maximum Gasteiger partial charge on any atom is 0.271 e. The zero-order chi connectivity index (χ0) is 14.6. The minimum absolute atomic E-state index is 0.0158. The molecule has 19 heavy (non-hydrogen) atoms. The highest BCUT2D eigenvalue weighted by molar-refractivity contribution is 5.96. The molecule has 0 aliphatic carbocycles. The van der Waals surface area contributed by atoms with Crippen LogP contribution in [0.15, 0.2) is 18.2 Å². The van der Waals surface area contributed by atoms with Crippen molar-refractivity contribution in [2.24, 2.45) is 11.7 Å². The lowest BCUT2D eigenvalue weighted by Crippen LogP contribution is -2.40. The number of nitro benzene ring substituents is 1. The van der Waals surface area contributed by atoms with E-state index in [0.29, 0.717) is 0 Å². The number of rotatable bonds is 5. The van der Waals surface area contributed by atoms with Gasteiger partial charge in [-0.05, 0) is 12.0 Å². The number of non-ortho nitro benzene ring substituents is 1. The first-order valence-corrected chi connectivity index (χ1v) is 5.90. The van der Waals surface area contributed by atoms with Crippen molar-refractivity contribution in [1.29, 1.82) is 0 Å². The molecule has 0 bridgehead atoms. The van der Waals surface area contributed by atoms with Crippen LogP contribution in [0.4, 0.5) is 11.4 Å². The molecule has 1 aromatic rings. The number of aromatic hydroxyl groups is 1. The Balaban J connectivity index is 2.90. The van der Waals surface area contributed by atoms with E-state index in [0.717, 1.165) is 24.6 Å². The lowest BCUT2D eigenvalue weighted by Gasteiger charge is -2.18. The van der Waals surface area contributed by atoms with Gasteiger partial charge in [0.15, 0.2) is 0 Å². The summed E-state index contributed by atoms with van der Waals surface area (Å²) in [5.41, 5.74) is 5.51. The van der Waals surface area contributed by atoms with Crippen LogP contribution in [-0.2, 0) is 4.79 Å². The van der Waals surface area contributed by atoms with Crippen LogP contribution in [-0.4, -0.2) is 22.0 Å². The Hall–Kier alpha value is -2.15. The van der Waals surface area contributed by atoms with E-state index in [1.165, 1.54) is 0 Å². The fraction of sp³-hybridized carbons (Fsp3) is 0.417. The first-order chi connectivity index (χ1) is 8.86. The molecule has 7 nitrogen and oxygen atoms in total. The maximum atomic E-state index is 11.8. The predicted molar refractivity (Wildman–Crippen MR) is 70.8 cm³/mol. The van der Waals surface area contributed by atoms with Crippen LogP contribution in [0.1, 0.15) is 20.3 Å². The number of nitrogens with one attached hydrogen (secondary N) is 1. The van der Waals surface area contributed by atoms with Crippen LogP contribution in [0.2, 0.25) is 0 Å². The number of benzene rings is 1. The second-order valence-electron chi connectivity index (χ2n) is 4.36. The van der Waals surface area contributed by atoms with Crippen LogP contribution in [0.5, 0.6) is 5.75 Å².